The maximum atomic E-state index is 12.2. The summed E-state index contributed by atoms with van der Waals surface area (Å²) in [6.45, 7) is 2.83. The molecule has 0 aliphatic rings. The quantitative estimate of drug-likeness (QED) is 0.795. The lowest BCUT2D eigenvalue weighted by Gasteiger charge is -2.09. The molecule has 7 heteroatoms. The largest absolute Gasteiger partial charge is 0.465 e. The number of ether oxygens (including phenoxy) is 1. The van der Waals surface area contributed by atoms with E-state index in [1.54, 1.807) is 24.3 Å². The van der Waals surface area contributed by atoms with Crippen LogP contribution in [-0.2, 0) is 4.74 Å². The van der Waals surface area contributed by atoms with E-state index in [0.717, 1.165) is 13.0 Å². The molecule has 0 radical (unpaired) electrons. The molecule has 0 aliphatic heterocycles. The number of hydrogen-bond acceptors (Lipinski definition) is 6. The van der Waals surface area contributed by atoms with Gasteiger partial charge in [0.2, 0.25) is 0 Å². The summed E-state index contributed by atoms with van der Waals surface area (Å²) >= 11 is 0. The lowest BCUT2D eigenvalue weighted by molar-refractivity contribution is 0.0602. The zero-order valence-electron chi connectivity index (χ0n) is 13.0. The van der Waals surface area contributed by atoms with Crippen molar-refractivity contribution in [2.45, 2.75) is 13.3 Å². The van der Waals surface area contributed by atoms with Crippen molar-refractivity contribution in [1.29, 1.82) is 0 Å². The summed E-state index contributed by atoms with van der Waals surface area (Å²) in [4.78, 5) is 32.1. The summed E-state index contributed by atoms with van der Waals surface area (Å²) in [7, 11) is 1.29. The van der Waals surface area contributed by atoms with Crippen molar-refractivity contribution in [3.8, 4) is 0 Å². The average Bonchev–Trinajstić information content (AvgIpc) is 2.60. The molecular weight excluding hydrogens is 296 g/mol. The van der Waals surface area contributed by atoms with Crippen LogP contribution in [0.4, 0.5) is 11.5 Å². The van der Waals surface area contributed by atoms with E-state index in [0.29, 0.717) is 11.5 Å². The topological polar surface area (TPSA) is 93.2 Å². The molecule has 0 bridgehead atoms. The number of benzene rings is 1. The third-order valence-corrected chi connectivity index (χ3v) is 3.02. The lowest BCUT2D eigenvalue weighted by atomic mass is 10.1. The summed E-state index contributed by atoms with van der Waals surface area (Å²) < 4.78 is 4.69. The number of nitrogens with zero attached hydrogens (tertiary/aromatic N) is 2. The zero-order chi connectivity index (χ0) is 16.7. The van der Waals surface area contributed by atoms with E-state index in [4.69, 9.17) is 4.74 Å². The normalized spacial score (nSPS) is 10.0. The molecule has 0 unspecified atom stereocenters. The molecule has 1 heterocycles. The van der Waals surface area contributed by atoms with Crippen molar-refractivity contribution < 1.29 is 14.3 Å². The minimum Gasteiger partial charge on any atom is -0.465 e. The van der Waals surface area contributed by atoms with Crippen LogP contribution in [0.2, 0.25) is 0 Å². The number of nitrogens with one attached hydrogen (secondary N) is 2. The van der Waals surface area contributed by atoms with Gasteiger partial charge in [0, 0.05) is 6.54 Å². The molecule has 2 aromatic rings. The van der Waals surface area contributed by atoms with Crippen LogP contribution in [0.15, 0.2) is 36.7 Å². The third kappa shape index (κ3) is 4.26. The SMILES string of the molecule is CCCNc1cnc(C(=O)Nc2ccccc2C(=O)OC)cn1. The molecule has 0 fully saturated rings. The van der Waals surface area contributed by atoms with Crippen LogP contribution in [-0.4, -0.2) is 35.5 Å². The van der Waals surface area contributed by atoms with Crippen molar-refractivity contribution in [2.24, 2.45) is 0 Å². The van der Waals surface area contributed by atoms with E-state index >= 15 is 0 Å². The fraction of sp³-hybridized carbons (Fsp3) is 0.250. The predicted molar refractivity (Wildman–Crippen MR) is 86.5 cm³/mol. The number of carbonyl (C=O) groups excluding carboxylic acids is 2. The molecule has 23 heavy (non-hydrogen) atoms. The van der Waals surface area contributed by atoms with Gasteiger partial charge in [0.15, 0.2) is 0 Å². The van der Waals surface area contributed by atoms with Crippen LogP contribution in [0, 0.1) is 0 Å². The number of anilines is 2. The average molecular weight is 314 g/mol. The van der Waals surface area contributed by atoms with Crippen molar-refractivity contribution in [3.05, 3.63) is 47.9 Å². The third-order valence-electron chi connectivity index (χ3n) is 3.02. The summed E-state index contributed by atoms with van der Waals surface area (Å²) in [6, 6.07) is 6.60. The Morgan fingerprint density at radius 3 is 2.61 bits per heavy atom. The summed E-state index contributed by atoms with van der Waals surface area (Å²) in [5.74, 6) is -0.361. The highest BCUT2D eigenvalue weighted by Gasteiger charge is 2.15. The number of rotatable bonds is 6. The zero-order valence-corrected chi connectivity index (χ0v) is 13.0. The van der Waals surface area contributed by atoms with Crippen LogP contribution in [0.5, 0.6) is 0 Å². The first-order valence-corrected chi connectivity index (χ1v) is 7.20. The molecular formula is C16H18N4O3. The number of esters is 1. The van der Waals surface area contributed by atoms with E-state index < -0.39 is 11.9 Å². The fourth-order valence-corrected chi connectivity index (χ4v) is 1.86. The van der Waals surface area contributed by atoms with Crippen LogP contribution >= 0.6 is 0 Å². The van der Waals surface area contributed by atoms with E-state index in [2.05, 4.69) is 20.6 Å². The van der Waals surface area contributed by atoms with E-state index in [-0.39, 0.29) is 11.3 Å². The van der Waals surface area contributed by atoms with Gasteiger partial charge in [-0.1, -0.05) is 19.1 Å². The number of aromatic nitrogens is 2. The monoisotopic (exact) mass is 314 g/mol. The molecule has 1 aromatic carbocycles. The summed E-state index contributed by atoms with van der Waals surface area (Å²) in [6.07, 6.45) is 3.85. The second-order valence-electron chi connectivity index (χ2n) is 4.70. The predicted octanol–water partition coefficient (Wildman–Crippen LogP) is 2.34. The second kappa shape index (κ2) is 7.88. The molecule has 0 aliphatic carbocycles. The number of hydrogen-bond donors (Lipinski definition) is 2. The van der Waals surface area contributed by atoms with Gasteiger partial charge in [-0.15, -0.1) is 0 Å². The van der Waals surface area contributed by atoms with Crippen LogP contribution < -0.4 is 10.6 Å². The standard InChI is InChI=1S/C16H18N4O3/c1-3-8-17-14-10-18-13(9-19-14)15(21)20-12-7-5-4-6-11(12)16(22)23-2/h4-7,9-10H,3,8H2,1-2H3,(H,17,19)(H,20,21). The molecule has 2 N–H and O–H groups in total. The number of methoxy groups -OCH3 is 1. The highest BCUT2D eigenvalue weighted by Crippen LogP contribution is 2.16. The second-order valence-corrected chi connectivity index (χ2v) is 4.70. The smallest absolute Gasteiger partial charge is 0.339 e. The van der Waals surface area contributed by atoms with Gasteiger partial charge in [0.25, 0.3) is 5.91 Å². The van der Waals surface area contributed by atoms with Gasteiger partial charge in [0.05, 0.1) is 30.8 Å². The maximum Gasteiger partial charge on any atom is 0.339 e. The number of carbonyl (C=O) groups is 2. The van der Waals surface area contributed by atoms with Crippen LogP contribution in [0.1, 0.15) is 34.2 Å². The number of para-hydroxylation sites is 1. The molecule has 120 valence electrons. The Morgan fingerprint density at radius 1 is 1.17 bits per heavy atom. The van der Waals surface area contributed by atoms with Gasteiger partial charge in [-0.3, -0.25) is 4.79 Å². The lowest BCUT2D eigenvalue weighted by Crippen LogP contribution is -2.17. The molecule has 1 amide bonds. The Balaban J connectivity index is 2.12. The highest BCUT2D eigenvalue weighted by molar-refractivity contribution is 6.06. The maximum absolute atomic E-state index is 12.2. The van der Waals surface area contributed by atoms with Gasteiger partial charge in [0.1, 0.15) is 11.5 Å². The molecule has 7 nitrogen and oxygen atoms in total. The molecule has 0 atom stereocenters. The van der Waals surface area contributed by atoms with Crippen molar-refractivity contribution in [3.63, 3.8) is 0 Å². The van der Waals surface area contributed by atoms with Crippen LogP contribution in [0.25, 0.3) is 0 Å². The van der Waals surface area contributed by atoms with Gasteiger partial charge in [-0.2, -0.15) is 0 Å². The van der Waals surface area contributed by atoms with Gasteiger partial charge >= 0.3 is 5.97 Å². The first-order chi connectivity index (χ1) is 11.2. The Morgan fingerprint density at radius 2 is 1.96 bits per heavy atom. The summed E-state index contributed by atoms with van der Waals surface area (Å²) in [5, 5.41) is 5.72. The van der Waals surface area contributed by atoms with Gasteiger partial charge in [-0.05, 0) is 18.6 Å². The number of amides is 1. The van der Waals surface area contributed by atoms with Crippen molar-refractivity contribution in [2.75, 3.05) is 24.3 Å². The van der Waals surface area contributed by atoms with E-state index in [9.17, 15) is 9.59 Å². The van der Waals surface area contributed by atoms with Crippen LogP contribution in [0.3, 0.4) is 0 Å². The summed E-state index contributed by atoms with van der Waals surface area (Å²) in [5.41, 5.74) is 0.795. The van der Waals surface area contributed by atoms with Gasteiger partial charge < -0.3 is 15.4 Å². The van der Waals surface area contributed by atoms with E-state index in [1.165, 1.54) is 19.5 Å². The Labute approximate surface area is 134 Å². The molecule has 0 saturated heterocycles. The molecule has 1 aromatic heterocycles. The first-order valence-electron chi connectivity index (χ1n) is 7.20. The first kappa shape index (κ1) is 16.4. The Bertz CT molecular complexity index is 686. The molecule has 2 rings (SSSR count). The van der Waals surface area contributed by atoms with Crippen molar-refractivity contribution >= 4 is 23.4 Å². The van der Waals surface area contributed by atoms with E-state index in [1.807, 2.05) is 6.92 Å². The minimum atomic E-state index is -0.522. The van der Waals surface area contributed by atoms with Crippen molar-refractivity contribution in [1.82, 2.24) is 9.97 Å². The molecule has 0 spiro atoms. The molecule has 0 saturated carbocycles. The van der Waals surface area contributed by atoms with Gasteiger partial charge in [-0.25, -0.2) is 14.8 Å². The highest BCUT2D eigenvalue weighted by atomic mass is 16.5. The minimum absolute atomic E-state index is 0.159. The Hall–Kier alpha value is -2.96. The fourth-order valence-electron chi connectivity index (χ4n) is 1.86. The Kier molecular flexibility index (Phi) is 5.62.